The molecular formula is C21H23N5O5S2. The number of piperazine rings is 1. The van der Waals surface area contributed by atoms with Crippen LogP contribution in [0.2, 0.25) is 0 Å². The van der Waals surface area contributed by atoms with Gasteiger partial charge in [0.1, 0.15) is 5.58 Å². The molecule has 4 rings (SSSR count). The van der Waals surface area contributed by atoms with Crippen molar-refractivity contribution in [3.63, 3.8) is 0 Å². The van der Waals surface area contributed by atoms with Crippen LogP contribution in [0.3, 0.4) is 0 Å². The third-order valence-corrected chi connectivity index (χ3v) is 7.15. The zero-order chi connectivity index (χ0) is 23.2. The highest BCUT2D eigenvalue weighted by atomic mass is 32.2. The van der Waals surface area contributed by atoms with Crippen LogP contribution in [0.4, 0.5) is 5.13 Å². The van der Waals surface area contributed by atoms with Crippen molar-refractivity contribution >= 4 is 51.0 Å². The second-order valence-corrected chi connectivity index (χ2v) is 9.41. The first-order chi connectivity index (χ1) is 16.0. The number of fused-ring (bicyclic) bond motifs is 1. The fourth-order valence-electron chi connectivity index (χ4n) is 3.33. The number of ether oxygens (including phenoxy) is 1. The molecule has 1 saturated heterocycles. The number of thioether (sulfide) groups is 1. The molecule has 1 aliphatic heterocycles. The van der Waals surface area contributed by atoms with Gasteiger partial charge < -0.3 is 24.3 Å². The molecule has 1 aliphatic rings. The maximum Gasteiger partial charge on any atom is 0.289 e. The number of nitrogens with zero attached hydrogens (tertiary/aromatic N) is 4. The van der Waals surface area contributed by atoms with Gasteiger partial charge in [0, 0.05) is 45.9 Å². The van der Waals surface area contributed by atoms with E-state index in [0.717, 1.165) is 5.13 Å². The molecule has 1 fully saturated rings. The van der Waals surface area contributed by atoms with Gasteiger partial charge in [-0.2, -0.15) is 0 Å². The topological polar surface area (TPSA) is 118 Å². The summed E-state index contributed by atoms with van der Waals surface area (Å²) in [6, 6.07) is 8.14. The number of rotatable bonds is 8. The molecule has 2 amide bonds. The molecule has 2 aromatic heterocycles. The van der Waals surface area contributed by atoms with Crippen LogP contribution >= 0.6 is 23.1 Å². The maximum atomic E-state index is 12.9. The summed E-state index contributed by atoms with van der Waals surface area (Å²) >= 11 is 2.75. The zero-order valence-corrected chi connectivity index (χ0v) is 19.6. The number of hydrogen-bond acceptors (Lipinski definition) is 10. The lowest BCUT2D eigenvalue weighted by atomic mass is 10.2. The SMILES string of the molecule is COCCNC(=O)CSc1nnc(N2CCN(C(=O)c3cc(=O)c4ccccc4o3)CC2)s1. The Balaban J connectivity index is 1.31. The number of aromatic nitrogens is 2. The summed E-state index contributed by atoms with van der Waals surface area (Å²) < 4.78 is 11.3. The van der Waals surface area contributed by atoms with E-state index in [9.17, 15) is 14.4 Å². The molecule has 12 heteroatoms. The van der Waals surface area contributed by atoms with E-state index >= 15 is 0 Å². The van der Waals surface area contributed by atoms with Crippen molar-refractivity contribution in [2.45, 2.75) is 4.34 Å². The largest absolute Gasteiger partial charge is 0.451 e. The number of carbonyl (C=O) groups excluding carboxylic acids is 2. The van der Waals surface area contributed by atoms with Crippen molar-refractivity contribution in [2.24, 2.45) is 0 Å². The van der Waals surface area contributed by atoms with Crippen LogP contribution in [-0.2, 0) is 9.53 Å². The van der Waals surface area contributed by atoms with E-state index in [1.165, 1.54) is 29.2 Å². The van der Waals surface area contributed by atoms with Gasteiger partial charge in [-0.05, 0) is 12.1 Å². The van der Waals surface area contributed by atoms with Gasteiger partial charge in [0.05, 0.1) is 17.7 Å². The highest BCUT2D eigenvalue weighted by Gasteiger charge is 2.26. The minimum atomic E-state index is -0.300. The second-order valence-electron chi connectivity index (χ2n) is 7.23. The summed E-state index contributed by atoms with van der Waals surface area (Å²) in [5.41, 5.74) is 0.170. The first-order valence-electron chi connectivity index (χ1n) is 10.3. The van der Waals surface area contributed by atoms with Crippen molar-refractivity contribution in [1.82, 2.24) is 20.4 Å². The minimum absolute atomic E-state index is 0.0468. The number of nitrogens with one attached hydrogen (secondary N) is 1. The zero-order valence-electron chi connectivity index (χ0n) is 18.0. The lowest BCUT2D eigenvalue weighted by Crippen LogP contribution is -2.48. The van der Waals surface area contributed by atoms with E-state index in [1.807, 2.05) is 0 Å². The Hall–Kier alpha value is -2.96. The summed E-state index contributed by atoms with van der Waals surface area (Å²) in [7, 11) is 1.58. The molecule has 1 aromatic carbocycles. The Morgan fingerprint density at radius 3 is 2.79 bits per heavy atom. The van der Waals surface area contributed by atoms with E-state index in [-0.39, 0.29) is 28.8 Å². The summed E-state index contributed by atoms with van der Waals surface area (Å²) in [5.74, 6) is -0.0743. The first-order valence-corrected chi connectivity index (χ1v) is 12.1. The lowest BCUT2D eigenvalue weighted by Gasteiger charge is -2.33. The fourth-order valence-corrected chi connectivity index (χ4v) is 5.05. The molecule has 0 spiro atoms. The number of anilines is 1. The Kier molecular flexibility index (Phi) is 7.57. The second kappa shape index (κ2) is 10.8. The Labute approximate surface area is 197 Å². The normalized spacial score (nSPS) is 14.0. The number of carbonyl (C=O) groups is 2. The van der Waals surface area contributed by atoms with Gasteiger partial charge in [-0.25, -0.2) is 0 Å². The molecule has 33 heavy (non-hydrogen) atoms. The molecule has 0 atom stereocenters. The molecule has 174 valence electrons. The van der Waals surface area contributed by atoms with E-state index in [4.69, 9.17) is 9.15 Å². The number of methoxy groups -OCH3 is 1. The standard InChI is InChI=1S/C21H23N5O5S2/c1-30-11-6-22-18(28)13-32-21-24-23-20(33-21)26-9-7-25(8-10-26)19(29)17-12-15(27)14-4-2-3-5-16(14)31-17/h2-5,12H,6-11,13H2,1H3,(H,22,28). The predicted molar refractivity (Wildman–Crippen MR) is 126 cm³/mol. The van der Waals surface area contributed by atoms with Crippen molar-refractivity contribution in [2.75, 3.05) is 57.1 Å². The Morgan fingerprint density at radius 2 is 2.00 bits per heavy atom. The van der Waals surface area contributed by atoms with Crippen LogP contribution in [0.25, 0.3) is 11.0 Å². The molecule has 0 aliphatic carbocycles. The highest BCUT2D eigenvalue weighted by molar-refractivity contribution is 8.01. The van der Waals surface area contributed by atoms with Gasteiger partial charge in [0.2, 0.25) is 11.0 Å². The fraction of sp³-hybridized carbons (Fsp3) is 0.381. The van der Waals surface area contributed by atoms with Crippen LogP contribution in [0.15, 0.2) is 43.9 Å². The number of benzene rings is 1. The van der Waals surface area contributed by atoms with Crippen LogP contribution in [0.5, 0.6) is 0 Å². The molecule has 3 aromatic rings. The third-order valence-electron chi connectivity index (χ3n) is 5.03. The van der Waals surface area contributed by atoms with Gasteiger partial charge in [-0.3, -0.25) is 14.4 Å². The average Bonchev–Trinajstić information content (AvgIpc) is 3.32. The molecular weight excluding hydrogens is 466 g/mol. The van der Waals surface area contributed by atoms with E-state index in [2.05, 4.69) is 20.4 Å². The van der Waals surface area contributed by atoms with Crippen molar-refractivity contribution in [1.29, 1.82) is 0 Å². The minimum Gasteiger partial charge on any atom is -0.451 e. The van der Waals surface area contributed by atoms with E-state index in [0.29, 0.717) is 54.6 Å². The van der Waals surface area contributed by atoms with Crippen LogP contribution in [-0.4, -0.2) is 79.1 Å². The Bertz CT molecular complexity index is 1190. The number of hydrogen-bond donors (Lipinski definition) is 1. The summed E-state index contributed by atoms with van der Waals surface area (Å²) in [4.78, 5) is 40.7. The van der Waals surface area contributed by atoms with Gasteiger partial charge in [0.25, 0.3) is 5.91 Å². The van der Waals surface area contributed by atoms with Gasteiger partial charge in [0.15, 0.2) is 15.5 Å². The van der Waals surface area contributed by atoms with Crippen LogP contribution in [0, 0.1) is 0 Å². The molecule has 0 saturated carbocycles. The Morgan fingerprint density at radius 1 is 1.21 bits per heavy atom. The first kappa shape index (κ1) is 23.2. The molecule has 0 unspecified atom stereocenters. The predicted octanol–water partition coefficient (Wildman–Crippen LogP) is 1.46. The highest BCUT2D eigenvalue weighted by Crippen LogP contribution is 2.28. The molecule has 0 bridgehead atoms. The lowest BCUT2D eigenvalue weighted by molar-refractivity contribution is -0.118. The van der Waals surface area contributed by atoms with E-state index < -0.39 is 0 Å². The quantitative estimate of drug-likeness (QED) is 0.371. The summed E-state index contributed by atoms with van der Waals surface area (Å²) in [6.45, 7) is 3.06. The third kappa shape index (κ3) is 5.70. The monoisotopic (exact) mass is 489 g/mol. The van der Waals surface area contributed by atoms with Gasteiger partial charge in [-0.1, -0.05) is 35.2 Å². The van der Waals surface area contributed by atoms with Crippen molar-refractivity contribution in [3.05, 3.63) is 46.3 Å². The number of amides is 2. The van der Waals surface area contributed by atoms with Crippen LogP contribution < -0.4 is 15.6 Å². The number of para-hydroxylation sites is 1. The van der Waals surface area contributed by atoms with Crippen LogP contribution in [0.1, 0.15) is 10.6 Å². The molecule has 0 radical (unpaired) electrons. The maximum absolute atomic E-state index is 12.9. The average molecular weight is 490 g/mol. The molecule has 10 nitrogen and oxygen atoms in total. The summed E-state index contributed by atoms with van der Waals surface area (Å²) in [5, 5.41) is 12.3. The molecule has 3 heterocycles. The summed E-state index contributed by atoms with van der Waals surface area (Å²) in [6.07, 6.45) is 0. The molecule has 1 N–H and O–H groups in total. The smallest absolute Gasteiger partial charge is 0.289 e. The van der Waals surface area contributed by atoms with Crippen molar-refractivity contribution < 1.29 is 18.7 Å². The van der Waals surface area contributed by atoms with Gasteiger partial charge in [-0.15, -0.1) is 10.2 Å². The van der Waals surface area contributed by atoms with Gasteiger partial charge >= 0.3 is 0 Å². The van der Waals surface area contributed by atoms with Crippen molar-refractivity contribution in [3.8, 4) is 0 Å². The van der Waals surface area contributed by atoms with E-state index in [1.54, 1.807) is 36.3 Å².